The Kier molecular flexibility index (Phi) is 2.42. The largest absolute Gasteiger partial charge is 0.264 e. The molecule has 0 saturated heterocycles. The van der Waals surface area contributed by atoms with Crippen molar-refractivity contribution in [3.63, 3.8) is 0 Å². The molecule has 2 rings (SSSR count). The Bertz CT molecular complexity index is 515. The maximum Gasteiger partial charge on any atom is 0.141 e. The number of hydrogen-bond acceptors (Lipinski definition) is 2. The second-order valence-corrected chi connectivity index (χ2v) is 3.02. The Balaban J connectivity index is 2.65. The first-order valence-electron chi connectivity index (χ1n) is 4.42. The van der Waals surface area contributed by atoms with Crippen molar-refractivity contribution in [1.82, 2.24) is 4.98 Å². The Morgan fingerprint density at radius 1 is 1.20 bits per heavy atom. The van der Waals surface area contributed by atoms with Crippen LogP contribution in [-0.2, 0) is 0 Å². The monoisotopic (exact) mass is 198 g/mol. The van der Waals surface area contributed by atoms with Gasteiger partial charge < -0.3 is 0 Å². The Hall–Kier alpha value is -2.21. The van der Waals surface area contributed by atoms with E-state index in [9.17, 15) is 4.39 Å². The van der Waals surface area contributed by atoms with Crippen LogP contribution in [0.5, 0.6) is 0 Å². The molecule has 72 valence electrons. The molecule has 0 unspecified atom stereocenters. The van der Waals surface area contributed by atoms with Crippen LogP contribution in [0, 0.1) is 17.1 Å². The van der Waals surface area contributed by atoms with Crippen molar-refractivity contribution in [3.8, 4) is 17.2 Å². The highest BCUT2D eigenvalue weighted by molar-refractivity contribution is 5.69. The van der Waals surface area contributed by atoms with Gasteiger partial charge in [0.1, 0.15) is 11.9 Å². The zero-order valence-corrected chi connectivity index (χ0v) is 7.81. The van der Waals surface area contributed by atoms with Gasteiger partial charge in [0, 0.05) is 23.5 Å². The molecule has 0 fully saturated rings. The lowest BCUT2D eigenvalue weighted by Crippen LogP contribution is -1.89. The molecular weight excluding hydrogens is 191 g/mol. The topological polar surface area (TPSA) is 36.7 Å². The number of benzene rings is 1. The fourth-order valence-electron chi connectivity index (χ4n) is 1.40. The molecule has 3 heteroatoms. The minimum atomic E-state index is -0.501. The van der Waals surface area contributed by atoms with E-state index in [-0.39, 0.29) is 5.56 Å². The third-order valence-electron chi connectivity index (χ3n) is 2.10. The normalized spacial score (nSPS) is 9.60. The highest BCUT2D eigenvalue weighted by Crippen LogP contribution is 2.23. The van der Waals surface area contributed by atoms with Crippen molar-refractivity contribution in [2.75, 3.05) is 0 Å². The van der Waals surface area contributed by atoms with Gasteiger partial charge in [-0.2, -0.15) is 5.26 Å². The number of nitriles is 1. The summed E-state index contributed by atoms with van der Waals surface area (Å²) < 4.78 is 13.3. The Labute approximate surface area is 86.6 Å². The van der Waals surface area contributed by atoms with E-state index in [1.807, 2.05) is 6.07 Å². The smallest absolute Gasteiger partial charge is 0.141 e. The first-order chi connectivity index (χ1) is 7.33. The van der Waals surface area contributed by atoms with Crippen LogP contribution in [-0.4, -0.2) is 4.98 Å². The molecular formula is C12H7FN2. The van der Waals surface area contributed by atoms with Gasteiger partial charge >= 0.3 is 0 Å². The summed E-state index contributed by atoms with van der Waals surface area (Å²) in [4.78, 5) is 3.93. The Morgan fingerprint density at radius 2 is 2.07 bits per heavy atom. The molecule has 0 radical (unpaired) electrons. The van der Waals surface area contributed by atoms with E-state index < -0.39 is 5.82 Å². The summed E-state index contributed by atoms with van der Waals surface area (Å²) in [6, 6.07) is 9.97. The van der Waals surface area contributed by atoms with Gasteiger partial charge in [0.05, 0.1) is 5.56 Å². The average Bonchev–Trinajstić information content (AvgIpc) is 2.30. The zero-order chi connectivity index (χ0) is 10.7. The van der Waals surface area contributed by atoms with Crippen LogP contribution in [0.1, 0.15) is 5.56 Å². The second kappa shape index (κ2) is 3.89. The molecule has 1 heterocycles. The molecule has 2 nitrogen and oxygen atoms in total. The second-order valence-electron chi connectivity index (χ2n) is 3.02. The quantitative estimate of drug-likeness (QED) is 0.706. The predicted molar refractivity (Wildman–Crippen MR) is 54.3 cm³/mol. The van der Waals surface area contributed by atoms with Gasteiger partial charge in [0.2, 0.25) is 0 Å². The van der Waals surface area contributed by atoms with Crippen molar-refractivity contribution >= 4 is 0 Å². The first-order valence-corrected chi connectivity index (χ1v) is 4.42. The van der Waals surface area contributed by atoms with Crippen LogP contribution in [0.25, 0.3) is 11.1 Å². The van der Waals surface area contributed by atoms with E-state index in [2.05, 4.69) is 4.98 Å². The molecule has 0 atom stereocenters. The van der Waals surface area contributed by atoms with Crippen molar-refractivity contribution in [3.05, 3.63) is 54.1 Å². The van der Waals surface area contributed by atoms with Crippen LogP contribution in [0.15, 0.2) is 42.7 Å². The van der Waals surface area contributed by atoms with Gasteiger partial charge in [-0.3, -0.25) is 4.98 Å². The van der Waals surface area contributed by atoms with E-state index in [1.165, 1.54) is 6.07 Å². The summed E-state index contributed by atoms with van der Waals surface area (Å²) in [5, 5.41) is 8.85. The van der Waals surface area contributed by atoms with Crippen LogP contribution < -0.4 is 0 Å². The maximum atomic E-state index is 13.3. The highest BCUT2D eigenvalue weighted by Gasteiger charge is 2.08. The summed E-state index contributed by atoms with van der Waals surface area (Å²) in [5.74, 6) is -0.501. The van der Waals surface area contributed by atoms with Gasteiger partial charge in [-0.15, -0.1) is 0 Å². The zero-order valence-electron chi connectivity index (χ0n) is 7.81. The van der Waals surface area contributed by atoms with Crippen molar-refractivity contribution in [2.24, 2.45) is 0 Å². The standard InChI is InChI=1S/C12H7FN2/c13-12-5-1-4-10(11(12)7-14)9-3-2-6-15-8-9/h1-6,8H. The third kappa shape index (κ3) is 1.70. The summed E-state index contributed by atoms with van der Waals surface area (Å²) >= 11 is 0. The van der Waals surface area contributed by atoms with E-state index in [0.29, 0.717) is 5.56 Å². The van der Waals surface area contributed by atoms with Crippen LogP contribution in [0.3, 0.4) is 0 Å². The lowest BCUT2D eigenvalue weighted by Gasteiger charge is -2.03. The molecule has 0 spiro atoms. The van der Waals surface area contributed by atoms with Crippen LogP contribution >= 0.6 is 0 Å². The van der Waals surface area contributed by atoms with Gasteiger partial charge in [0.15, 0.2) is 0 Å². The van der Waals surface area contributed by atoms with Crippen molar-refractivity contribution < 1.29 is 4.39 Å². The van der Waals surface area contributed by atoms with Gasteiger partial charge in [-0.1, -0.05) is 18.2 Å². The van der Waals surface area contributed by atoms with Gasteiger partial charge in [-0.25, -0.2) is 4.39 Å². The predicted octanol–water partition coefficient (Wildman–Crippen LogP) is 2.76. The highest BCUT2D eigenvalue weighted by atomic mass is 19.1. The number of nitrogens with zero attached hydrogens (tertiary/aromatic N) is 2. The molecule has 15 heavy (non-hydrogen) atoms. The molecule has 2 aromatic rings. The molecule has 0 saturated carbocycles. The minimum Gasteiger partial charge on any atom is -0.264 e. The lowest BCUT2D eigenvalue weighted by atomic mass is 10.0. The molecule has 1 aromatic carbocycles. The first kappa shape index (κ1) is 9.35. The SMILES string of the molecule is N#Cc1c(F)cccc1-c1cccnc1. The van der Waals surface area contributed by atoms with E-state index in [1.54, 1.807) is 36.7 Å². The molecule has 1 aromatic heterocycles. The summed E-state index contributed by atoms with van der Waals surface area (Å²) in [6.07, 6.45) is 3.24. The Morgan fingerprint density at radius 3 is 2.73 bits per heavy atom. The third-order valence-corrected chi connectivity index (χ3v) is 2.10. The van der Waals surface area contributed by atoms with E-state index in [4.69, 9.17) is 5.26 Å². The van der Waals surface area contributed by atoms with Gasteiger partial charge in [-0.05, 0) is 12.1 Å². The van der Waals surface area contributed by atoms with Gasteiger partial charge in [0.25, 0.3) is 0 Å². The molecule has 0 bridgehead atoms. The van der Waals surface area contributed by atoms with E-state index in [0.717, 1.165) is 5.56 Å². The maximum absolute atomic E-state index is 13.3. The summed E-state index contributed by atoms with van der Waals surface area (Å²) in [7, 11) is 0. The number of aromatic nitrogens is 1. The van der Waals surface area contributed by atoms with Crippen LogP contribution in [0.4, 0.5) is 4.39 Å². The number of pyridine rings is 1. The molecule has 0 aliphatic rings. The average molecular weight is 198 g/mol. The van der Waals surface area contributed by atoms with E-state index >= 15 is 0 Å². The summed E-state index contributed by atoms with van der Waals surface area (Å²) in [5.41, 5.74) is 1.38. The molecule has 0 amide bonds. The summed E-state index contributed by atoms with van der Waals surface area (Å²) in [6.45, 7) is 0. The van der Waals surface area contributed by atoms with Crippen LogP contribution in [0.2, 0.25) is 0 Å². The van der Waals surface area contributed by atoms with Crippen molar-refractivity contribution in [1.29, 1.82) is 5.26 Å². The molecule has 0 aliphatic carbocycles. The lowest BCUT2D eigenvalue weighted by molar-refractivity contribution is 0.624. The molecule has 0 N–H and O–H groups in total. The fourth-order valence-corrected chi connectivity index (χ4v) is 1.40. The molecule has 0 aliphatic heterocycles. The minimum absolute atomic E-state index is 0.0606. The number of halogens is 1. The number of hydrogen-bond donors (Lipinski definition) is 0. The van der Waals surface area contributed by atoms with Crippen molar-refractivity contribution in [2.45, 2.75) is 0 Å². The number of rotatable bonds is 1. The fraction of sp³-hybridized carbons (Fsp3) is 0.